The van der Waals surface area contributed by atoms with Crippen LogP contribution in [0.2, 0.25) is 0 Å². The van der Waals surface area contributed by atoms with Crippen molar-refractivity contribution in [3.05, 3.63) is 0 Å². The van der Waals surface area contributed by atoms with Gasteiger partial charge in [0.2, 0.25) is 0 Å². The van der Waals surface area contributed by atoms with Crippen LogP contribution in [0.3, 0.4) is 0 Å². The van der Waals surface area contributed by atoms with Crippen molar-refractivity contribution in [2.24, 2.45) is 11.3 Å². The molecule has 0 aromatic rings. The monoisotopic (exact) mass is 196 g/mol. The average Bonchev–Trinajstić information content (AvgIpc) is 2.84. The fourth-order valence-corrected chi connectivity index (χ4v) is 1.41. The van der Waals surface area contributed by atoms with Crippen LogP contribution in [0.4, 0.5) is 0 Å². The largest absolute Gasteiger partial charge is 0.299 e. The Morgan fingerprint density at radius 2 is 1.71 bits per heavy atom. The molecule has 1 saturated carbocycles. The molecule has 0 spiro atoms. The molecule has 1 aliphatic rings. The highest BCUT2D eigenvalue weighted by molar-refractivity contribution is 5.86. The summed E-state index contributed by atoms with van der Waals surface area (Å²) in [6.07, 6.45) is 4.05. The van der Waals surface area contributed by atoms with Gasteiger partial charge in [-0.25, -0.2) is 0 Å². The van der Waals surface area contributed by atoms with Crippen molar-refractivity contribution in [1.82, 2.24) is 0 Å². The van der Waals surface area contributed by atoms with Crippen molar-refractivity contribution < 1.29 is 9.59 Å². The molecule has 14 heavy (non-hydrogen) atoms. The predicted molar refractivity (Wildman–Crippen MR) is 56.0 cm³/mol. The van der Waals surface area contributed by atoms with Crippen LogP contribution in [0, 0.1) is 11.3 Å². The molecule has 0 unspecified atom stereocenters. The van der Waals surface area contributed by atoms with Crippen LogP contribution in [-0.2, 0) is 9.59 Å². The Morgan fingerprint density at radius 1 is 1.14 bits per heavy atom. The molecule has 80 valence electrons. The molecule has 0 N–H and O–H groups in total. The Labute approximate surface area is 86.1 Å². The third kappa shape index (κ3) is 3.60. The van der Waals surface area contributed by atoms with E-state index < -0.39 is 0 Å². The van der Waals surface area contributed by atoms with Crippen molar-refractivity contribution in [3.63, 3.8) is 0 Å². The van der Waals surface area contributed by atoms with Crippen LogP contribution in [0.15, 0.2) is 0 Å². The minimum atomic E-state index is -0.247. The number of rotatable bonds is 5. The van der Waals surface area contributed by atoms with E-state index in [2.05, 4.69) is 0 Å². The first-order valence-electron chi connectivity index (χ1n) is 5.47. The number of hydrogen-bond donors (Lipinski definition) is 0. The van der Waals surface area contributed by atoms with Gasteiger partial charge in [-0.2, -0.15) is 0 Å². The van der Waals surface area contributed by atoms with Gasteiger partial charge in [0.15, 0.2) is 0 Å². The van der Waals surface area contributed by atoms with E-state index in [0.29, 0.717) is 24.5 Å². The van der Waals surface area contributed by atoms with Crippen LogP contribution in [0.5, 0.6) is 0 Å². The molecule has 0 atom stereocenters. The molecule has 0 heterocycles. The first kappa shape index (κ1) is 11.4. The van der Waals surface area contributed by atoms with Gasteiger partial charge in [-0.05, 0) is 19.3 Å². The quantitative estimate of drug-likeness (QED) is 0.677. The average molecular weight is 196 g/mol. The summed E-state index contributed by atoms with van der Waals surface area (Å²) >= 11 is 0. The van der Waals surface area contributed by atoms with Gasteiger partial charge in [0.1, 0.15) is 11.6 Å². The van der Waals surface area contributed by atoms with Gasteiger partial charge in [0, 0.05) is 24.2 Å². The SMILES string of the molecule is CC(C)(C)C(=O)CCCC(=O)C1CC1. The summed E-state index contributed by atoms with van der Waals surface area (Å²) in [5.74, 6) is 0.979. The Kier molecular flexibility index (Phi) is 3.46. The predicted octanol–water partition coefficient (Wildman–Crippen LogP) is 2.75. The van der Waals surface area contributed by atoms with E-state index in [1.807, 2.05) is 20.8 Å². The van der Waals surface area contributed by atoms with Crippen molar-refractivity contribution in [2.45, 2.75) is 52.9 Å². The van der Waals surface area contributed by atoms with Gasteiger partial charge in [-0.15, -0.1) is 0 Å². The molecule has 0 bridgehead atoms. The number of carbonyl (C=O) groups excluding carboxylic acids is 2. The van der Waals surface area contributed by atoms with Crippen molar-refractivity contribution >= 4 is 11.6 Å². The van der Waals surface area contributed by atoms with E-state index in [1.54, 1.807) is 0 Å². The zero-order valence-electron chi connectivity index (χ0n) is 9.43. The number of hydrogen-bond acceptors (Lipinski definition) is 2. The summed E-state index contributed by atoms with van der Waals surface area (Å²) < 4.78 is 0. The lowest BCUT2D eigenvalue weighted by molar-refractivity contribution is -0.126. The lowest BCUT2D eigenvalue weighted by Crippen LogP contribution is -2.20. The van der Waals surface area contributed by atoms with Crippen LogP contribution < -0.4 is 0 Å². The Hall–Kier alpha value is -0.660. The topological polar surface area (TPSA) is 34.1 Å². The molecule has 0 amide bonds. The van der Waals surface area contributed by atoms with Gasteiger partial charge >= 0.3 is 0 Å². The minimum Gasteiger partial charge on any atom is -0.299 e. The lowest BCUT2D eigenvalue weighted by Gasteiger charge is -2.15. The smallest absolute Gasteiger partial charge is 0.138 e. The van der Waals surface area contributed by atoms with Crippen LogP contribution in [-0.4, -0.2) is 11.6 Å². The summed E-state index contributed by atoms with van der Waals surface area (Å²) in [6, 6.07) is 0. The highest BCUT2D eigenvalue weighted by atomic mass is 16.1. The van der Waals surface area contributed by atoms with E-state index >= 15 is 0 Å². The molecular formula is C12H20O2. The summed E-state index contributed by atoms with van der Waals surface area (Å²) in [5, 5.41) is 0. The maximum absolute atomic E-state index is 11.5. The fraction of sp³-hybridized carbons (Fsp3) is 0.833. The highest BCUT2D eigenvalue weighted by Crippen LogP contribution is 2.31. The summed E-state index contributed by atoms with van der Waals surface area (Å²) in [5.41, 5.74) is -0.247. The van der Waals surface area contributed by atoms with Crippen molar-refractivity contribution in [3.8, 4) is 0 Å². The normalized spacial score (nSPS) is 16.8. The summed E-state index contributed by atoms with van der Waals surface area (Å²) in [7, 11) is 0. The zero-order valence-corrected chi connectivity index (χ0v) is 9.43. The molecule has 0 aromatic carbocycles. The minimum absolute atomic E-state index is 0.247. The fourth-order valence-electron chi connectivity index (χ4n) is 1.41. The molecule has 0 aromatic heterocycles. The first-order valence-corrected chi connectivity index (χ1v) is 5.47. The van der Waals surface area contributed by atoms with Crippen LogP contribution in [0.1, 0.15) is 52.9 Å². The standard InChI is InChI=1S/C12H20O2/c1-12(2,3)11(14)6-4-5-10(13)9-7-8-9/h9H,4-8H2,1-3H3. The van der Waals surface area contributed by atoms with Crippen LogP contribution in [0.25, 0.3) is 0 Å². The molecular weight excluding hydrogens is 176 g/mol. The second kappa shape index (κ2) is 4.24. The molecule has 0 aliphatic heterocycles. The molecule has 1 fully saturated rings. The van der Waals surface area contributed by atoms with E-state index in [1.165, 1.54) is 0 Å². The van der Waals surface area contributed by atoms with Gasteiger partial charge in [0.05, 0.1) is 0 Å². The second-order valence-electron chi connectivity index (χ2n) is 5.27. The molecule has 0 saturated heterocycles. The molecule has 1 aliphatic carbocycles. The zero-order chi connectivity index (χ0) is 10.8. The van der Waals surface area contributed by atoms with Crippen LogP contribution >= 0.6 is 0 Å². The number of Topliss-reactive ketones (excluding diaryl/α,β-unsaturated/α-hetero) is 2. The number of ketones is 2. The summed E-state index contributed by atoms with van der Waals surface area (Å²) in [4.78, 5) is 22.8. The Morgan fingerprint density at radius 3 is 2.14 bits per heavy atom. The lowest BCUT2D eigenvalue weighted by atomic mass is 9.87. The third-order valence-corrected chi connectivity index (χ3v) is 2.70. The van der Waals surface area contributed by atoms with E-state index in [9.17, 15) is 9.59 Å². The van der Waals surface area contributed by atoms with Gasteiger partial charge < -0.3 is 0 Å². The van der Waals surface area contributed by atoms with Gasteiger partial charge in [-0.3, -0.25) is 9.59 Å². The van der Waals surface area contributed by atoms with Gasteiger partial charge in [-0.1, -0.05) is 20.8 Å². The maximum atomic E-state index is 11.5. The highest BCUT2D eigenvalue weighted by Gasteiger charge is 2.29. The van der Waals surface area contributed by atoms with E-state index in [4.69, 9.17) is 0 Å². The van der Waals surface area contributed by atoms with Gasteiger partial charge in [0.25, 0.3) is 0 Å². The third-order valence-electron chi connectivity index (χ3n) is 2.70. The Balaban J connectivity index is 2.14. The van der Waals surface area contributed by atoms with Crippen molar-refractivity contribution in [2.75, 3.05) is 0 Å². The van der Waals surface area contributed by atoms with E-state index in [-0.39, 0.29) is 11.2 Å². The van der Waals surface area contributed by atoms with Crippen molar-refractivity contribution in [1.29, 1.82) is 0 Å². The first-order chi connectivity index (χ1) is 6.41. The number of carbonyl (C=O) groups is 2. The second-order valence-corrected chi connectivity index (χ2v) is 5.27. The Bertz CT molecular complexity index is 231. The molecule has 1 rings (SSSR count). The maximum Gasteiger partial charge on any atom is 0.138 e. The molecule has 2 heteroatoms. The molecule has 2 nitrogen and oxygen atoms in total. The van der Waals surface area contributed by atoms with E-state index in [0.717, 1.165) is 19.3 Å². The molecule has 0 radical (unpaired) electrons. The summed E-state index contributed by atoms with van der Waals surface area (Å²) in [6.45, 7) is 5.79.